The van der Waals surface area contributed by atoms with E-state index < -0.39 is 28.0 Å². The molecule has 0 aromatic heterocycles. The number of carbonyl (C=O) groups excluding carboxylic acids is 1. The molecule has 3 heterocycles. The maximum Gasteiger partial charge on any atom is 0.230 e. The highest BCUT2D eigenvalue weighted by atomic mass is 32.2. The first-order valence-corrected chi connectivity index (χ1v) is 14.2. The van der Waals surface area contributed by atoms with Gasteiger partial charge >= 0.3 is 0 Å². The van der Waals surface area contributed by atoms with Gasteiger partial charge in [0.25, 0.3) is 0 Å². The molecule has 1 unspecified atom stereocenters. The molecule has 6 nitrogen and oxygen atoms in total. The molecule has 3 fully saturated rings. The first kappa shape index (κ1) is 26.4. The minimum Gasteiger partial charge on any atom is -0.381 e. The first-order valence-electron chi connectivity index (χ1n) is 13.0. The van der Waals surface area contributed by atoms with Gasteiger partial charge in [0.2, 0.25) is 5.91 Å². The van der Waals surface area contributed by atoms with Crippen molar-refractivity contribution in [1.29, 1.82) is 0 Å². The lowest BCUT2D eigenvalue weighted by atomic mass is 9.72. The minimum atomic E-state index is -1.39. The molecule has 3 saturated heterocycles. The summed E-state index contributed by atoms with van der Waals surface area (Å²) >= 11 is 0. The van der Waals surface area contributed by atoms with Crippen LogP contribution in [0.3, 0.4) is 0 Å². The molecule has 2 aromatic carbocycles. The predicted octanol–water partition coefficient (Wildman–Crippen LogP) is 4.16. The van der Waals surface area contributed by atoms with Crippen LogP contribution in [0, 0.1) is 17.6 Å². The van der Waals surface area contributed by atoms with Crippen LogP contribution in [0.15, 0.2) is 42.5 Å². The monoisotopic (exact) mass is 532 g/mol. The maximum absolute atomic E-state index is 15.7. The van der Waals surface area contributed by atoms with E-state index in [1.807, 2.05) is 37.3 Å². The van der Waals surface area contributed by atoms with Gasteiger partial charge in [0.05, 0.1) is 23.9 Å². The molecule has 1 N–H and O–H groups in total. The number of ether oxygens (including phenoxy) is 2. The van der Waals surface area contributed by atoms with Crippen LogP contribution in [0.5, 0.6) is 0 Å². The zero-order valence-electron chi connectivity index (χ0n) is 21.1. The third-order valence-electron chi connectivity index (χ3n) is 8.00. The molecule has 9 heteroatoms. The van der Waals surface area contributed by atoms with Gasteiger partial charge in [-0.15, -0.1) is 0 Å². The quantitative estimate of drug-likeness (QED) is 0.582. The topological polar surface area (TPSA) is 67.9 Å². The standard InChI is InChI=1S/C28H34F2N2O4S/c1-19-7-8-26(21-5-3-2-4-6-21)37(34)32(19)16-22-13-25(30)23(14-24(22)29)28(9-11-35-12-10-28)27(33)31-15-20-17-36-18-20/h2-6,13-14,19-20,26H,7-12,15-18H2,1H3,(H,31,33)/t19-,26+,37?/m0/s1. The molecule has 3 aliphatic rings. The Labute approximate surface area is 219 Å². The molecule has 0 saturated carbocycles. The molecular formula is C28H34F2N2O4S. The third-order valence-corrected chi connectivity index (χ3v) is 9.95. The largest absolute Gasteiger partial charge is 0.381 e. The molecule has 0 radical (unpaired) electrons. The van der Waals surface area contributed by atoms with Crippen molar-refractivity contribution < 1.29 is 27.3 Å². The fourth-order valence-electron chi connectivity index (χ4n) is 5.54. The Morgan fingerprint density at radius 1 is 1.08 bits per heavy atom. The highest BCUT2D eigenvalue weighted by molar-refractivity contribution is 7.83. The number of benzene rings is 2. The normalized spacial score (nSPS) is 26.4. The Bertz CT molecular complexity index is 1140. The Hall–Kier alpha value is -2.20. The number of halogens is 2. The fraction of sp³-hybridized carbons (Fsp3) is 0.536. The van der Waals surface area contributed by atoms with Crippen molar-refractivity contribution in [3.05, 3.63) is 70.8 Å². The summed E-state index contributed by atoms with van der Waals surface area (Å²) in [4.78, 5) is 13.3. The van der Waals surface area contributed by atoms with Crippen molar-refractivity contribution in [3.63, 3.8) is 0 Å². The summed E-state index contributed by atoms with van der Waals surface area (Å²) in [6, 6.07) is 12.0. The molecular weight excluding hydrogens is 498 g/mol. The van der Waals surface area contributed by atoms with Crippen LogP contribution in [-0.2, 0) is 37.2 Å². The van der Waals surface area contributed by atoms with Gasteiger partial charge in [0.15, 0.2) is 0 Å². The first-order chi connectivity index (χ1) is 17.9. The van der Waals surface area contributed by atoms with Gasteiger partial charge in [-0.3, -0.25) is 4.79 Å². The summed E-state index contributed by atoms with van der Waals surface area (Å²) in [6.07, 6.45) is 2.14. The number of amides is 1. The van der Waals surface area contributed by atoms with Crippen molar-refractivity contribution in [2.24, 2.45) is 5.92 Å². The number of rotatable bonds is 7. The summed E-state index contributed by atoms with van der Waals surface area (Å²) in [7, 11) is -1.39. The van der Waals surface area contributed by atoms with Gasteiger partial charge in [0, 0.05) is 49.4 Å². The molecule has 0 aliphatic carbocycles. The number of hydrogen-bond acceptors (Lipinski definition) is 4. The van der Waals surface area contributed by atoms with Gasteiger partial charge in [-0.2, -0.15) is 0 Å². The van der Waals surface area contributed by atoms with Crippen LogP contribution < -0.4 is 5.32 Å². The fourth-order valence-corrected chi connectivity index (χ4v) is 7.32. The van der Waals surface area contributed by atoms with Crippen LogP contribution >= 0.6 is 0 Å². The number of carbonyl (C=O) groups is 1. The van der Waals surface area contributed by atoms with Gasteiger partial charge in [-0.05, 0) is 50.3 Å². The summed E-state index contributed by atoms with van der Waals surface area (Å²) in [5, 5.41) is 2.76. The average molecular weight is 533 g/mol. The molecule has 2 aromatic rings. The smallest absolute Gasteiger partial charge is 0.230 e. The second kappa shape index (κ2) is 11.3. The predicted molar refractivity (Wildman–Crippen MR) is 137 cm³/mol. The Kier molecular flexibility index (Phi) is 8.04. The highest BCUT2D eigenvalue weighted by Gasteiger charge is 2.44. The van der Waals surface area contributed by atoms with Crippen molar-refractivity contribution in [2.75, 3.05) is 33.0 Å². The number of nitrogens with one attached hydrogen (secondary N) is 1. The average Bonchev–Trinajstić information content (AvgIpc) is 2.88. The molecule has 3 aliphatic heterocycles. The molecule has 3 atom stereocenters. The maximum atomic E-state index is 15.7. The summed E-state index contributed by atoms with van der Waals surface area (Å²) in [5.74, 6) is -1.26. The van der Waals surface area contributed by atoms with Crippen molar-refractivity contribution in [2.45, 2.75) is 55.9 Å². The van der Waals surface area contributed by atoms with E-state index in [2.05, 4.69) is 5.32 Å². The van der Waals surface area contributed by atoms with E-state index in [4.69, 9.17) is 9.47 Å². The van der Waals surface area contributed by atoms with E-state index in [0.717, 1.165) is 18.4 Å². The molecule has 0 spiro atoms. The summed E-state index contributed by atoms with van der Waals surface area (Å²) < 4.78 is 57.1. The SMILES string of the molecule is C[C@H]1CC[C@H](c2ccccc2)S(=O)N1Cc1cc(F)c(C2(C(=O)NCC3COC3)CCOCC2)cc1F. The van der Waals surface area contributed by atoms with Crippen LogP contribution in [0.2, 0.25) is 0 Å². The number of hydrogen-bond donors (Lipinski definition) is 1. The molecule has 0 bridgehead atoms. The lowest BCUT2D eigenvalue weighted by molar-refractivity contribution is -0.131. The van der Waals surface area contributed by atoms with Gasteiger partial charge in [0.1, 0.15) is 22.6 Å². The zero-order valence-corrected chi connectivity index (χ0v) is 21.9. The van der Waals surface area contributed by atoms with E-state index in [1.165, 1.54) is 12.1 Å². The zero-order chi connectivity index (χ0) is 26.0. The highest BCUT2D eigenvalue weighted by Crippen LogP contribution is 2.39. The molecule has 1 amide bonds. The van der Waals surface area contributed by atoms with E-state index in [1.54, 1.807) is 4.31 Å². The van der Waals surface area contributed by atoms with Crippen LogP contribution in [-0.4, -0.2) is 53.4 Å². The van der Waals surface area contributed by atoms with Crippen molar-refractivity contribution >= 4 is 16.9 Å². The van der Waals surface area contributed by atoms with E-state index in [-0.39, 0.29) is 53.6 Å². The molecule has 200 valence electrons. The van der Waals surface area contributed by atoms with Crippen LogP contribution in [0.4, 0.5) is 8.78 Å². The lowest BCUT2D eigenvalue weighted by Crippen LogP contribution is -2.51. The second-order valence-corrected chi connectivity index (χ2v) is 12.0. The molecule has 37 heavy (non-hydrogen) atoms. The summed E-state index contributed by atoms with van der Waals surface area (Å²) in [6.45, 7) is 4.23. The lowest BCUT2D eigenvalue weighted by Gasteiger charge is -2.38. The van der Waals surface area contributed by atoms with Crippen LogP contribution in [0.1, 0.15) is 54.5 Å². The number of nitrogens with zero attached hydrogens (tertiary/aromatic N) is 1. The van der Waals surface area contributed by atoms with Crippen molar-refractivity contribution in [1.82, 2.24) is 9.62 Å². The van der Waals surface area contributed by atoms with Gasteiger partial charge < -0.3 is 14.8 Å². The van der Waals surface area contributed by atoms with E-state index in [9.17, 15) is 9.00 Å². The summed E-state index contributed by atoms with van der Waals surface area (Å²) in [5.41, 5.74) is 0.00539. The Morgan fingerprint density at radius 3 is 2.49 bits per heavy atom. The third kappa shape index (κ3) is 5.37. The van der Waals surface area contributed by atoms with E-state index >= 15 is 8.78 Å². The Balaban J connectivity index is 1.39. The molecule has 5 rings (SSSR count). The van der Waals surface area contributed by atoms with Crippen LogP contribution in [0.25, 0.3) is 0 Å². The minimum absolute atomic E-state index is 0.0319. The van der Waals surface area contributed by atoms with E-state index in [0.29, 0.717) is 33.0 Å². The van der Waals surface area contributed by atoms with Gasteiger partial charge in [-0.25, -0.2) is 17.3 Å². The van der Waals surface area contributed by atoms with Gasteiger partial charge in [-0.1, -0.05) is 30.3 Å². The second-order valence-electron chi connectivity index (χ2n) is 10.4. The van der Waals surface area contributed by atoms with Crippen molar-refractivity contribution in [3.8, 4) is 0 Å². The Morgan fingerprint density at radius 2 is 1.81 bits per heavy atom.